The van der Waals surface area contributed by atoms with Gasteiger partial charge in [-0.25, -0.2) is 0 Å². The molecule has 5 atom stereocenters. The highest BCUT2D eigenvalue weighted by molar-refractivity contribution is 5.79. The number of pyridine rings is 1. The van der Waals surface area contributed by atoms with E-state index in [0.717, 1.165) is 42.5 Å². The molecule has 4 rings (SSSR count). The summed E-state index contributed by atoms with van der Waals surface area (Å²) in [5.74, 6) is -0.289. The maximum atomic E-state index is 13.3. The summed E-state index contributed by atoms with van der Waals surface area (Å²) in [7, 11) is 1.69. The highest BCUT2D eigenvalue weighted by Crippen LogP contribution is 2.43. The first-order valence-corrected chi connectivity index (χ1v) is 12.9. The van der Waals surface area contributed by atoms with Gasteiger partial charge in [-0.1, -0.05) is 30.3 Å². The third kappa shape index (κ3) is 5.75. The number of carbonyl (C=O) groups is 1. The van der Waals surface area contributed by atoms with Gasteiger partial charge in [0.2, 0.25) is 5.91 Å². The highest BCUT2D eigenvalue weighted by atomic mass is 16.5. The maximum absolute atomic E-state index is 13.3. The molecule has 0 radical (unpaired) electrons. The summed E-state index contributed by atoms with van der Waals surface area (Å²) in [5, 5.41) is 22.5. The number of aliphatic hydroxyl groups excluding tert-OH is 1. The fraction of sp³-hybridized carbons (Fsp3) is 0.571. The average Bonchev–Trinajstić information content (AvgIpc) is 3.24. The van der Waals surface area contributed by atoms with Crippen LogP contribution < -0.4 is 5.73 Å². The molecule has 2 heterocycles. The summed E-state index contributed by atoms with van der Waals surface area (Å²) in [4.78, 5) is 19.8. The van der Waals surface area contributed by atoms with E-state index < -0.39 is 11.7 Å². The maximum Gasteiger partial charge on any atom is 0.225 e. The Morgan fingerprint density at radius 3 is 2.71 bits per heavy atom. The van der Waals surface area contributed by atoms with Crippen molar-refractivity contribution in [3.8, 4) is 11.3 Å². The minimum absolute atomic E-state index is 0.0569. The number of unbranched alkanes of at least 4 members (excludes halogenated alkanes) is 1. The fourth-order valence-electron chi connectivity index (χ4n) is 5.88. The Morgan fingerprint density at radius 2 is 2.00 bits per heavy atom. The standard InChI is InChI=1S/C28H39N3O4/c1-35-16-7-5-13-28(34,23-11-3-2-10-22(23)25-12-4-6-14-30-25)21-9-8-15-31(19-21)27(33)20-17-24(29)26(32)18-20/h2-4,6,10-12,14,20-21,24,26,32,34H,5,7-9,13,15-19,29H2,1H3/t20-,21?,24?,26?,28?/m0/s1. The van der Waals surface area contributed by atoms with Crippen molar-refractivity contribution in [2.45, 2.75) is 62.7 Å². The second-order valence-electron chi connectivity index (χ2n) is 10.2. The number of methoxy groups -OCH3 is 1. The van der Waals surface area contributed by atoms with Gasteiger partial charge in [0.25, 0.3) is 0 Å². The summed E-state index contributed by atoms with van der Waals surface area (Å²) in [6.07, 6.45) is 6.03. The number of hydrogen-bond donors (Lipinski definition) is 3. The smallest absolute Gasteiger partial charge is 0.225 e. The van der Waals surface area contributed by atoms with E-state index in [4.69, 9.17) is 10.5 Å². The molecule has 2 aliphatic rings. The number of aliphatic hydroxyl groups is 2. The molecular formula is C28H39N3O4. The predicted molar refractivity (Wildman–Crippen MR) is 135 cm³/mol. The van der Waals surface area contributed by atoms with E-state index in [1.807, 2.05) is 47.4 Å². The van der Waals surface area contributed by atoms with Crippen molar-refractivity contribution in [1.82, 2.24) is 9.88 Å². The number of likely N-dealkylation sites (tertiary alicyclic amines) is 1. The molecule has 7 heteroatoms. The third-order valence-corrected chi connectivity index (χ3v) is 7.83. The van der Waals surface area contributed by atoms with Gasteiger partial charge in [0.1, 0.15) is 0 Å². The molecule has 2 fully saturated rings. The van der Waals surface area contributed by atoms with Crippen molar-refractivity contribution in [3.63, 3.8) is 0 Å². The second kappa shape index (κ2) is 11.6. The van der Waals surface area contributed by atoms with E-state index >= 15 is 0 Å². The molecule has 4 N–H and O–H groups in total. The van der Waals surface area contributed by atoms with Gasteiger partial charge < -0.3 is 25.6 Å². The molecule has 1 saturated carbocycles. The van der Waals surface area contributed by atoms with Crippen LogP contribution >= 0.6 is 0 Å². The number of nitrogens with zero attached hydrogens (tertiary/aromatic N) is 2. The molecule has 1 aromatic heterocycles. The molecule has 1 aromatic carbocycles. The van der Waals surface area contributed by atoms with Crippen LogP contribution in [0.2, 0.25) is 0 Å². The van der Waals surface area contributed by atoms with Crippen molar-refractivity contribution < 1.29 is 19.7 Å². The third-order valence-electron chi connectivity index (χ3n) is 7.83. The van der Waals surface area contributed by atoms with E-state index in [9.17, 15) is 15.0 Å². The minimum Gasteiger partial charge on any atom is -0.391 e. The van der Waals surface area contributed by atoms with Crippen LogP contribution in [0.3, 0.4) is 0 Å². The molecule has 1 aliphatic carbocycles. The summed E-state index contributed by atoms with van der Waals surface area (Å²) >= 11 is 0. The lowest BCUT2D eigenvalue weighted by atomic mass is 9.72. The van der Waals surface area contributed by atoms with Gasteiger partial charge in [-0.2, -0.15) is 0 Å². The Morgan fingerprint density at radius 1 is 1.20 bits per heavy atom. The number of benzene rings is 1. The molecule has 1 amide bonds. The van der Waals surface area contributed by atoms with Crippen LogP contribution in [0, 0.1) is 11.8 Å². The van der Waals surface area contributed by atoms with Crippen molar-refractivity contribution in [2.24, 2.45) is 17.6 Å². The Labute approximate surface area is 208 Å². The number of rotatable bonds is 9. The normalized spacial score (nSPS) is 26.5. The van der Waals surface area contributed by atoms with Crippen molar-refractivity contribution >= 4 is 5.91 Å². The van der Waals surface area contributed by atoms with Gasteiger partial charge in [-0.15, -0.1) is 0 Å². The van der Waals surface area contributed by atoms with Crippen LogP contribution in [0.4, 0.5) is 0 Å². The van der Waals surface area contributed by atoms with E-state index in [1.165, 1.54) is 0 Å². The predicted octanol–water partition coefficient (Wildman–Crippen LogP) is 3.09. The zero-order valence-electron chi connectivity index (χ0n) is 20.7. The van der Waals surface area contributed by atoms with Gasteiger partial charge >= 0.3 is 0 Å². The zero-order valence-corrected chi connectivity index (χ0v) is 20.7. The number of nitrogens with two attached hydrogens (primary N) is 1. The number of hydrogen-bond acceptors (Lipinski definition) is 6. The van der Waals surface area contributed by atoms with Crippen molar-refractivity contribution in [1.29, 1.82) is 0 Å². The summed E-state index contributed by atoms with van der Waals surface area (Å²) in [6.45, 7) is 1.83. The van der Waals surface area contributed by atoms with Crippen molar-refractivity contribution in [3.05, 3.63) is 54.2 Å². The molecule has 35 heavy (non-hydrogen) atoms. The van der Waals surface area contributed by atoms with Gasteiger partial charge in [0.15, 0.2) is 0 Å². The molecule has 7 nitrogen and oxygen atoms in total. The fourth-order valence-corrected chi connectivity index (χ4v) is 5.88. The SMILES string of the molecule is COCCCCC(O)(c1ccccc1-c1ccccn1)C1CCCN(C(=O)[C@H]2CC(N)C(O)C2)C1. The van der Waals surface area contributed by atoms with Crippen LogP contribution in [-0.2, 0) is 15.1 Å². The number of carbonyl (C=O) groups excluding carboxylic acids is 1. The first-order valence-electron chi connectivity index (χ1n) is 12.9. The molecule has 2 aromatic rings. The first-order chi connectivity index (χ1) is 16.9. The van der Waals surface area contributed by atoms with Gasteiger partial charge in [-0.3, -0.25) is 9.78 Å². The zero-order chi connectivity index (χ0) is 24.8. The van der Waals surface area contributed by atoms with Crippen LogP contribution in [-0.4, -0.2) is 65.0 Å². The molecule has 1 saturated heterocycles. The van der Waals surface area contributed by atoms with Crippen LogP contribution in [0.1, 0.15) is 50.5 Å². The molecule has 0 bridgehead atoms. The Hall–Kier alpha value is -2.32. The Balaban J connectivity index is 1.62. The second-order valence-corrected chi connectivity index (χ2v) is 10.2. The Kier molecular flexibility index (Phi) is 8.55. The Bertz CT molecular complexity index is 962. The number of amides is 1. The highest BCUT2D eigenvalue weighted by Gasteiger charge is 2.44. The molecule has 1 aliphatic heterocycles. The molecule has 4 unspecified atom stereocenters. The van der Waals surface area contributed by atoms with E-state index in [1.54, 1.807) is 13.3 Å². The summed E-state index contributed by atoms with van der Waals surface area (Å²) < 4.78 is 5.25. The summed E-state index contributed by atoms with van der Waals surface area (Å²) in [6, 6.07) is 13.4. The average molecular weight is 482 g/mol. The topological polar surface area (TPSA) is 109 Å². The molecule has 190 valence electrons. The summed E-state index contributed by atoms with van der Waals surface area (Å²) in [5.41, 5.74) is 7.50. The van der Waals surface area contributed by atoms with Crippen LogP contribution in [0.15, 0.2) is 48.7 Å². The molecule has 0 spiro atoms. The largest absolute Gasteiger partial charge is 0.391 e. The molecular weight excluding hydrogens is 442 g/mol. The van der Waals surface area contributed by atoms with Gasteiger partial charge in [0, 0.05) is 56.4 Å². The van der Waals surface area contributed by atoms with Gasteiger partial charge in [0.05, 0.1) is 17.4 Å². The first kappa shape index (κ1) is 25.8. The van der Waals surface area contributed by atoms with E-state index in [0.29, 0.717) is 39.0 Å². The monoisotopic (exact) mass is 481 g/mol. The van der Waals surface area contributed by atoms with Gasteiger partial charge in [-0.05, 0) is 62.6 Å². The van der Waals surface area contributed by atoms with E-state index in [-0.39, 0.29) is 23.8 Å². The van der Waals surface area contributed by atoms with Crippen molar-refractivity contribution in [2.75, 3.05) is 26.8 Å². The number of ether oxygens (including phenoxy) is 1. The minimum atomic E-state index is -1.10. The quantitative estimate of drug-likeness (QED) is 0.475. The number of aromatic nitrogens is 1. The van der Waals surface area contributed by atoms with Crippen LogP contribution in [0.5, 0.6) is 0 Å². The van der Waals surface area contributed by atoms with Crippen LogP contribution in [0.25, 0.3) is 11.3 Å². The lowest BCUT2D eigenvalue weighted by Gasteiger charge is -2.44. The lowest BCUT2D eigenvalue weighted by molar-refractivity contribution is -0.141. The number of piperidine rings is 1. The van der Waals surface area contributed by atoms with E-state index in [2.05, 4.69) is 4.98 Å². The lowest BCUT2D eigenvalue weighted by Crippen LogP contribution is -2.49.